The number of thiazole rings is 1. The van der Waals surface area contributed by atoms with E-state index in [4.69, 9.17) is 12.2 Å². The molecule has 1 heterocycles. The van der Waals surface area contributed by atoms with Gasteiger partial charge in [0, 0.05) is 24.9 Å². The van der Waals surface area contributed by atoms with Crippen LogP contribution in [0.25, 0.3) is 10.2 Å². The van der Waals surface area contributed by atoms with Crippen molar-refractivity contribution >= 4 is 50.3 Å². The Balaban J connectivity index is 1.71. The first kappa shape index (κ1) is 17.2. The molecular weight excluding hydrogens is 356 g/mol. The topological polar surface area (TPSA) is 71.3 Å². The summed E-state index contributed by atoms with van der Waals surface area (Å²) in [6.45, 7) is 2.04. The van der Waals surface area contributed by atoms with Crippen LogP contribution in [0.2, 0.25) is 0 Å². The van der Waals surface area contributed by atoms with Gasteiger partial charge in [-0.15, -0.1) is 11.3 Å². The van der Waals surface area contributed by atoms with Crippen molar-refractivity contribution < 1.29 is 4.92 Å². The molecule has 1 atom stereocenters. The first-order valence-electron chi connectivity index (χ1n) is 7.59. The molecule has 0 aliphatic rings. The number of non-ortho nitro benzene ring substituents is 1. The van der Waals surface area contributed by atoms with Crippen LogP contribution in [0.1, 0.15) is 18.0 Å². The average Bonchev–Trinajstić information content (AvgIpc) is 3.05. The van der Waals surface area contributed by atoms with Gasteiger partial charge in [-0.25, -0.2) is 4.98 Å². The molecule has 0 bridgehead atoms. The van der Waals surface area contributed by atoms with Crippen molar-refractivity contribution in [3.63, 3.8) is 0 Å². The first-order chi connectivity index (χ1) is 12.0. The Kier molecular flexibility index (Phi) is 4.91. The van der Waals surface area contributed by atoms with Gasteiger partial charge in [0.2, 0.25) is 0 Å². The van der Waals surface area contributed by atoms with Crippen LogP contribution in [0.15, 0.2) is 48.5 Å². The van der Waals surface area contributed by atoms with Gasteiger partial charge < -0.3 is 10.2 Å². The maximum Gasteiger partial charge on any atom is 0.269 e. The largest absolute Gasteiger partial charge is 0.343 e. The normalized spacial score (nSPS) is 11.9. The maximum atomic E-state index is 10.7. The molecule has 0 radical (unpaired) electrons. The molecule has 2 aromatic carbocycles. The van der Waals surface area contributed by atoms with E-state index in [-0.39, 0.29) is 11.7 Å². The number of nitro benzene ring substituents is 1. The first-order valence-corrected chi connectivity index (χ1v) is 8.82. The lowest BCUT2D eigenvalue weighted by molar-refractivity contribution is -0.384. The Morgan fingerprint density at radius 2 is 1.96 bits per heavy atom. The van der Waals surface area contributed by atoms with Crippen LogP contribution >= 0.6 is 23.6 Å². The van der Waals surface area contributed by atoms with Gasteiger partial charge in [-0.3, -0.25) is 10.1 Å². The van der Waals surface area contributed by atoms with E-state index in [1.165, 1.54) is 12.1 Å². The Morgan fingerprint density at radius 1 is 1.28 bits per heavy atom. The number of benzene rings is 2. The number of thiocarbonyl (C=S) groups is 1. The molecule has 0 fully saturated rings. The van der Waals surface area contributed by atoms with E-state index in [0.717, 1.165) is 15.2 Å². The lowest BCUT2D eigenvalue weighted by Crippen LogP contribution is -2.33. The fraction of sp³-hybridized carbons (Fsp3) is 0.176. The summed E-state index contributed by atoms with van der Waals surface area (Å²) in [4.78, 5) is 16.9. The second kappa shape index (κ2) is 7.12. The van der Waals surface area contributed by atoms with Gasteiger partial charge in [0.1, 0.15) is 5.01 Å². The highest BCUT2D eigenvalue weighted by Gasteiger charge is 2.18. The maximum absolute atomic E-state index is 10.7. The second-order valence-corrected chi connectivity index (χ2v) is 6.99. The highest BCUT2D eigenvalue weighted by molar-refractivity contribution is 7.80. The minimum atomic E-state index is -0.427. The van der Waals surface area contributed by atoms with E-state index in [0.29, 0.717) is 10.8 Å². The lowest BCUT2D eigenvalue weighted by atomic mass is 10.3. The minimum Gasteiger partial charge on any atom is -0.343 e. The molecule has 3 rings (SSSR count). The summed E-state index contributed by atoms with van der Waals surface area (Å²) in [5, 5.41) is 15.3. The number of nitrogens with zero attached hydrogens (tertiary/aromatic N) is 3. The number of nitrogens with one attached hydrogen (secondary N) is 1. The summed E-state index contributed by atoms with van der Waals surface area (Å²) in [5.74, 6) is 0. The Bertz CT molecular complexity index is 891. The van der Waals surface area contributed by atoms with Crippen molar-refractivity contribution in [1.29, 1.82) is 0 Å². The van der Waals surface area contributed by atoms with Crippen molar-refractivity contribution in [2.24, 2.45) is 0 Å². The minimum absolute atomic E-state index is 0.00967. The van der Waals surface area contributed by atoms with Crippen LogP contribution in [0.3, 0.4) is 0 Å². The predicted molar refractivity (Wildman–Crippen MR) is 105 cm³/mol. The number of anilines is 1. The number of nitro groups is 1. The van der Waals surface area contributed by atoms with Crippen molar-refractivity contribution in [2.75, 3.05) is 12.4 Å². The van der Waals surface area contributed by atoms with Gasteiger partial charge in [-0.1, -0.05) is 12.1 Å². The molecule has 25 heavy (non-hydrogen) atoms. The molecule has 0 saturated heterocycles. The average molecular weight is 372 g/mol. The summed E-state index contributed by atoms with van der Waals surface area (Å²) in [7, 11) is 1.90. The molecule has 0 unspecified atom stereocenters. The van der Waals surface area contributed by atoms with Gasteiger partial charge >= 0.3 is 0 Å². The van der Waals surface area contributed by atoms with E-state index in [2.05, 4.69) is 16.4 Å². The third kappa shape index (κ3) is 3.75. The molecule has 128 valence electrons. The number of hydrogen-bond donors (Lipinski definition) is 1. The molecule has 0 saturated carbocycles. The number of aromatic nitrogens is 1. The summed E-state index contributed by atoms with van der Waals surface area (Å²) in [6.07, 6.45) is 0. The van der Waals surface area contributed by atoms with Crippen molar-refractivity contribution in [3.05, 3.63) is 63.7 Å². The van der Waals surface area contributed by atoms with E-state index in [1.54, 1.807) is 23.5 Å². The zero-order valence-corrected chi connectivity index (χ0v) is 15.3. The Labute approximate surface area is 154 Å². The molecule has 0 aliphatic carbocycles. The van der Waals surface area contributed by atoms with Crippen molar-refractivity contribution in [3.8, 4) is 0 Å². The molecule has 3 aromatic rings. The van der Waals surface area contributed by atoms with Crippen molar-refractivity contribution in [1.82, 2.24) is 9.88 Å². The number of hydrogen-bond acceptors (Lipinski definition) is 5. The van der Waals surface area contributed by atoms with Crippen LogP contribution in [-0.4, -0.2) is 27.0 Å². The highest BCUT2D eigenvalue weighted by Crippen LogP contribution is 2.29. The molecule has 0 spiro atoms. The smallest absolute Gasteiger partial charge is 0.269 e. The Morgan fingerprint density at radius 3 is 2.60 bits per heavy atom. The third-order valence-corrected chi connectivity index (χ3v) is 5.50. The van der Waals surface area contributed by atoms with Crippen LogP contribution in [0.4, 0.5) is 11.4 Å². The molecule has 8 heteroatoms. The Hall–Kier alpha value is -2.58. The molecular formula is C17H16N4O2S2. The lowest BCUT2D eigenvalue weighted by Gasteiger charge is -2.26. The molecule has 1 aromatic heterocycles. The van der Waals surface area contributed by atoms with Gasteiger partial charge in [-0.2, -0.15) is 0 Å². The summed E-state index contributed by atoms with van der Waals surface area (Å²) in [5.41, 5.74) is 1.74. The molecule has 0 aliphatic heterocycles. The van der Waals surface area contributed by atoms with E-state index < -0.39 is 4.92 Å². The summed E-state index contributed by atoms with van der Waals surface area (Å²) in [6, 6.07) is 14.2. The molecule has 0 amide bonds. The second-order valence-electron chi connectivity index (χ2n) is 5.54. The zero-order valence-electron chi connectivity index (χ0n) is 13.7. The van der Waals surface area contributed by atoms with Crippen LogP contribution in [0, 0.1) is 10.1 Å². The predicted octanol–water partition coefficient (Wildman–Crippen LogP) is 4.59. The van der Waals surface area contributed by atoms with Crippen LogP contribution < -0.4 is 5.32 Å². The summed E-state index contributed by atoms with van der Waals surface area (Å²) >= 11 is 7.11. The molecule has 1 N–H and O–H groups in total. The van der Waals surface area contributed by atoms with Crippen LogP contribution in [-0.2, 0) is 0 Å². The van der Waals surface area contributed by atoms with Gasteiger partial charge in [-0.05, 0) is 43.4 Å². The fourth-order valence-corrected chi connectivity index (χ4v) is 3.63. The fourth-order valence-electron chi connectivity index (χ4n) is 2.29. The van der Waals surface area contributed by atoms with E-state index in [1.807, 2.05) is 37.1 Å². The van der Waals surface area contributed by atoms with Crippen molar-refractivity contribution in [2.45, 2.75) is 13.0 Å². The third-order valence-electron chi connectivity index (χ3n) is 3.90. The van der Waals surface area contributed by atoms with Gasteiger partial charge in [0.25, 0.3) is 5.69 Å². The number of fused-ring (bicyclic) bond motifs is 1. The summed E-state index contributed by atoms with van der Waals surface area (Å²) < 4.78 is 1.15. The van der Waals surface area contributed by atoms with E-state index in [9.17, 15) is 10.1 Å². The standard InChI is InChI=1S/C17H16N4O2S2/c1-11(16-19-14-5-3-4-6-15(14)25-16)20(2)17(24)18-12-7-9-13(10-8-12)21(22)23/h3-11H,1-2H3,(H,18,24)/t11-/m1/s1. The highest BCUT2D eigenvalue weighted by atomic mass is 32.1. The number of rotatable bonds is 4. The SMILES string of the molecule is C[C@H](c1nc2ccccc2s1)N(C)C(=S)Nc1ccc([N+](=O)[O-])cc1. The quantitative estimate of drug-likeness (QED) is 0.410. The van der Waals surface area contributed by atoms with Gasteiger partial charge in [0.05, 0.1) is 21.2 Å². The van der Waals surface area contributed by atoms with Crippen LogP contribution in [0.5, 0.6) is 0 Å². The molecule has 6 nitrogen and oxygen atoms in total. The zero-order chi connectivity index (χ0) is 18.0. The van der Waals surface area contributed by atoms with Gasteiger partial charge in [0.15, 0.2) is 5.11 Å². The van der Waals surface area contributed by atoms with E-state index >= 15 is 0 Å². The monoisotopic (exact) mass is 372 g/mol. The number of para-hydroxylation sites is 1.